The molecule has 0 saturated heterocycles. The average Bonchev–Trinajstić information content (AvgIpc) is 3.20. The highest BCUT2D eigenvalue weighted by Gasteiger charge is 2.41. The molecule has 0 spiro atoms. The van der Waals surface area contributed by atoms with E-state index in [1.54, 1.807) is 37.3 Å². The van der Waals surface area contributed by atoms with Gasteiger partial charge in [-0.2, -0.15) is 8.78 Å². The van der Waals surface area contributed by atoms with Crippen molar-refractivity contribution in [3.63, 3.8) is 0 Å². The van der Waals surface area contributed by atoms with Gasteiger partial charge in [0.2, 0.25) is 0 Å². The van der Waals surface area contributed by atoms with Crippen molar-refractivity contribution in [3.8, 4) is 5.75 Å². The lowest BCUT2D eigenvalue weighted by Gasteiger charge is -2.24. The topological polar surface area (TPSA) is 67.6 Å². The Labute approximate surface area is 184 Å². The Kier molecular flexibility index (Phi) is 5.59. The predicted octanol–water partition coefficient (Wildman–Crippen LogP) is 6.09. The highest BCUT2D eigenvalue weighted by molar-refractivity contribution is 9.10. The van der Waals surface area contributed by atoms with Gasteiger partial charge in [-0.3, -0.25) is 4.90 Å². The second-order valence-corrected chi connectivity index (χ2v) is 8.13. The van der Waals surface area contributed by atoms with Crippen molar-refractivity contribution in [2.45, 2.75) is 32.0 Å². The number of nitrogens with zero attached hydrogens (tertiary/aromatic N) is 3. The monoisotopic (exact) mass is 499 g/mol. The smallest absolute Gasteiger partial charge is 0.407 e. The molecule has 10 heteroatoms. The van der Waals surface area contributed by atoms with Crippen LogP contribution in [0.5, 0.6) is 5.75 Å². The first-order chi connectivity index (χ1) is 14.3. The molecule has 0 unspecified atom stereocenters. The minimum absolute atomic E-state index is 0.0261. The van der Waals surface area contributed by atoms with Crippen LogP contribution in [0.25, 0.3) is 11.0 Å². The van der Waals surface area contributed by atoms with E-state index in [9.17, 15) is 18.7 Å². The van der Waals surface area contributed by atoms with Gasteiger partial charge in [0, 0.05) is 28.0 Å². The molecule has 4 rings (SSSR count). The Morgan fingerprint density at radius 3 is 2.87 bits per heavy atom. The fourth-order valence-corrected chi connectivity index (χ4v) is 4.89. The summed E-state index contributed by atoms with van der Waals surface area (Å²) < 4.78 is 33.4. The molecule has 30 heavy (non-hydrogen) atoms. The van der Waals surface area contributed by atoms with Crippen LogP contribution in [0.1, 0.15) is 36.8 Å². The molecule has 3 aromatic rings. The number of ether oxygens (including phenoxy) is 1. The van der Waals surface area contributed by atoms with Crippen LogP contribution in [0.2, 0.25) is 5.02 Å². The van der Waals surface area contributed by atoms with Gasteiger partial charge in [-0.25, -0.2) is 9.78 Å². The minimum atomic E-state index is -2.99. The number of aromatic nitrogens is 2. The van der Waals surface area contributed by atoms with E-state index in [0.717, 1.165) is 0 Å². The van der Waals surface area contributed by atoms with Gasteiger partial charge in [0.25, 0.3) is 0 Å². The van der Waals surface area contributed by atoms with Crippen LogP contribution >= 0.6 is 27.5 Å². The molecule has 1 aromatic heterocycles. The lowest BCUT2D eigenvalue weighted by Crippen LogP contribution is -2.32. The maximum atomic E-state index is 13.1. The van der Waals surface area contributed by atoms with E-state index in [1.165, 1.54) is 11.0 Å². The lowest BCUT2D eigenvalue weighted by molar-refractivity contribution is -0.0507. The third-order valence-electron chi connectivity index (χ3n) is 5.26. The molecule has 1 aliphatic heterocycles. The molecule has 2 aromatic carbocycles. The SMILES string of the molecule is CCN(C(=O)O)[C@@H]1C[C@H](c2c(Br)cccc2OC(F)F)n2c1nc1ccc(Cl)cc12. The molecule has 0 radical (unpaired) electrons. The number of amides is 1. The third kappa shape index (κ3) is 3.50. The molecule has 1 aliphatic rings. The standard InChI is InChI=1S/C20H17BrClF2N3O3/c1-2-26(20(28)29)15-9-14(17-11(21)4-3-5-16(17)30-19(23)24)27-13-8-10(22)6-7-12(13)25-18(15)27/h3-8,14-15,19H,2,9H2,1H3,(H,28,29)/t14-,15-/m1/s1. The van der Waals surface area contributed by atoms with Gasteiger partial charge in [0.05, 0.1) is 23.1 Å². The van der Waals surface area contributed by atoms with Crippen LogP contribution in [0.3, 0.4) is 0 Å². The number of alkyl halides is 2. The largest absolute Gasteiger partial charge is 0.465 e. The van der Waals surface area contributed by atoms with E-state index in [4.69, 9.17) is 16.3 Å². The van der Waals surface area contributed by atoms with Crippen molar-refractivity contribution in [2.24, 2.45) is 0 Å². The molecule has 1 N–H and O–H groups in total. The number of hydrogen-bond donors (Lipinski definition) is 1. The summed E-state index contributed by atoms with van der Waals surface area (Å²) in [6.07, 6.45) is -0.747. The highest BCUT2D eigenvalue weighted by Crippen LogP contribution is 2.48. The summed E-state index contributed by atoms with van der Waals surface area (Å²) in [6.45, 7) is -0.989. The normalized spacial score (nSPS) is 18.1. The zero-order valence-corrected chi connectivity index (χ0v) is 18.1. The molecule has 6 nitrogen and oxygen atoms in total. The Balaban J connectivity index is 1.95. The fraction of sp³-hybridized carbons (Fsp3) is 0.300. The lowest BCUT2D eigenvalue weighted by atomic mass is 10.0. The molecular weight excluding hydrogens is 484 g/mol. The molecule has 0 aliphatic carbocycles. The average molecular weight is 501 g/mol. The van der Waals surface area contributed by atoms with Crippen LogP contribution in [0.15, 0.2) is 40.9 Å². The zero-order valence-electron chi connectivity index (χ0n) is 15.7. The molecule has 0 bridgehead atoms. The van der Waals surface area contributed by atoms with Gasteiger partial charge in [-0.15, -0.1) is 0 Å². The van der Waals surface area contributed by atoms with Gasteiger partial charge in [-0.05, 0) is 37.3 Å². The van der Waals surface area contributed by atoms with Crippen LogP contribution in [0.4, 0.5) is 13.6 Å². The number of benzene rings is 2. The quantitative estimate of drug-likeness (QED) is 0.460. The van der Waals surface area contributed by atoms with Crippen LogP contribution < -0.4 is 4.74 Å². The summed E-state index contributed by atoms with van der Waals surface area (Å²) in [5.41, 5.74) is 1.85. The van der Waals surface area contributed by atoms with Crippen molar-refractivity contribution in [1.82, 2.24) is 14.5 Å². The van der Waals surface area contributed by atoms with Gasteiger partial charge in [-0.1, -0.05) is 33.6 Å². The number of carbonyl (C=O) groups is 1. The maximum Gasteiger partial charge on any atom is 0.407 e. The van der Waals surface area contributed by atoms with Gasteiger partial charge in [0.15, 0.2) is 0 Å². The van der Waals surface area contributed by atoms with E-state index < -0.39 is 24.8 Å². The van der Waals surface area contributed by atoms with Crippen molar-refractivity contribution in [2.75, 3.05) is 6.54 Å². The number of hydrogen-bond acceptors (Lipinski definition) is 3. The predicted molar refractivity (Wildman–Crippen MR) is 111 cm³/mol. The maximum absolute atomic E-state index is 13.1. The summed E-state index contributed by atoms with van der Waals surface area (Å²) in [5.74, 6) is 0.568. The Bertz CT molecular complexity index is 1120. The van der Waals surface area contributed by atoms with Gasteiger partial charge in [0.1, 0.15) is 11.6 Å². The number of imidazole rings is 1. The van der Waals surface area contributed by atoms with Gasteiger partial charge < -0.3 is 14.4 Å². The van der Waals surface area contributed by atoms with E-state index in [1.807, 2.05) is 4.57 Å². The van der Waals surface area contributed by atoms with E-state index >= 15 is 0 Å². The van der Waals surface area contributed by atoms with E-state index in [-0.39, 0.29) is 12.3 Å². The highest BCUT2D eigenvalue weighted by atomic mass is 79.9. The van der Waals surface area contributed by atoms with Crippen LogP contribution in [-0.2, 0) is 0 Å². The number of fused-ring (bicyclic) bond motifs is 3. The fourth-order valence-electron chi connectivity index (χ4n) is 4.11. The molecule has 1 amide bonds. The molecule has 2 heterocycles. The number of halogens is 4. The second-order valence-electron chi connectivity index (χ2n) is 6.84. The Morgan fingerprint density at radius 1 is 1.43 bits per heavy atom. The molecule has 2 atom stereocenters. The first-order valence-electron chi connectivity index (χ1n) is 9.22. The van der Waals surface area contributed by atoms with Crippen LogP contribution in [-0.4, -0.2) is 38.8 Å². The summed E-state index contributed by atoms with van der Waals surface area (Å²) in [5, 5.41) is 10.2. The number of rotatable bonds is 5. The summed E-state index contributed by atoms with van der Waals surface area (Å²) in [4.78, 5) is 17.8. The third-order valence-corrected chi connectivity index (χ3v) is 6.19. The molecule has 0 saturated carbocycles. The molecule has 158 valence electrons. The zero-order chi connectivity index (χ0) is 21.6. The number of carboxylic acid groups (broad SMARTS) is 1. The van der Waals surface area contributed by atoms with Crippen LogP contribution in [0, 0.1) is 0 Å². The summed E-state index contributed by atoms with van der Waals surface area (Å²) in [6, 6.07) is 8.99. The Hall–Kier alpha value is -2.39. The minimum Gasteiger partial charge on any atom is -0.465 e. The second kappa shape index (κ2) is 8.03. The summed E-state index contributed by atoms with van der Waals surface area (Å²) >= 11 is 9.65. The molecule has 0 fully saturated rings. The van der Waals surface area contributed by atoms with E-state index in [0.29, 0.717) is 38.3 Å². The van der Waals surface area contributed by atoms with Crippen molar-refractivity contribution in [1.29, 1.82) is 0 Å². The molecular formula is C20H17BrClF2N3O3. The van der Waals surface area contributed by atoms with Crippen molar-refractivity contribution < 1.29 is 23.4 Å². The van der Waals surface area contributed by atoms with Crippen molar-refractivity contribution in [3.05, 3.63) is 57.3 Å². The van der Waals surface area contributed by atoms with Crippen molar-refractivity contribution >= 4 is 44.7 Å². The Morgan fingerprint density at radius 2 is 2.20 bits per heavy atom. The first kappa shape index (κ1) is 20.9. The first-order valence-corrected chi connectivity index (χ1v) is 10.4. The summed E-state index contributed by atoms with van der Waals surface area (Å²) in [7, 11) is 0. The van der Waals surface area contributed by atoms with Gasteiger partial charge >= 0.3 is 12.7 Å². The van der Waals surface area contributed by atoms with E-state index in [2.05, 4.69) is 20.9 Å².